The Kier molecular flexibility index (Phi) is 10.8. The second kappa shape index (κ2) is 12.8. The quantitative estimate of drug-likeness (QED) is 0.324. The maximum atomic E-state index is 6.06. The van der Waals surface area contributed by atoms with Crippen molar-refractivity contribution in [1.82, 2.24) is 10.2 Å². The molecular formula is C21H33ClIN3O3. The molecule has 1 N–H and O–H groups in total. The largest absolute Gasteiger partial charge is 0.489 e. The van der Waals surface area contributed by atoms with E-state index in [1.807, 2.05) is 38.2 Å². The molecule has 2 saturated heterocycles. The summed E-state index contributed by atoms with van der Waals surface area (Å²) in [6.07, 6.45) is 4.95. The van der Waals surface area contributed by atoms with Gasteiger partial charge < -0.3 is 24.4 Å². The molecule has 0 aromatic heterocycles. The number of nitrogens with one attached hydrogen (secondary N) is 1. The maximum Gasteiger partial charge on any atom is 0.193 e. The monoisotopic (exact) mass is 537 g/mol. The second-order valence-electron chi connectivity index (χ2n) is 7.47. The van der Waals surface area contributed by atoms with Gasteiger partial charge in [-0.25, -0.2) is 0 Å². The fourth-order valence-electron chi connectivity index (χ4n) is 3.64. The molecule has 0 spiro atoms. The molecule has 0 amide bonds. The molecule has 164 valence electrons. The molecule has 2 atom stereocenters. The Bertz CT molecular complexity index is 635. The van der Waals surface area contributed by atoms with Crippen molar-refractivity contribution in [2.24, 2.45) is 4.99 Å². The Balaban J connectivity index is 0.00000300. The number of aliphatic imine (C=N–C) groups is 1. The fraction of sp³-hybridized carbons (Fsp3) is 0.667. The van der Waals surface area contributed by atoms with E-state index in [4.69, 9.17) is 25.8 Å². The van der Waals surface area contributed by atoms with E-state index in [1.165, 1.54) is 0 Å². The molecule has 0 radical (unpaired) electrons. The van der Waals surface area contributed by atoms with Gasteiger partial charge in [0.05, 0.1) is 25.4 Å². The van der Waals surface area contributed by atoms with E-state index in [9.17, 15) is 0 Å². The lowest BCUT2D eigenvalue weighted by Gasteiger charge is -2.34. The van der Waals surface area contributed by atoms with E-state index >= 15 is 0 Å². The van der Waals surface area contributed by atoms with Crippen LogP contribution in [0.15, 0.2) is 29.3 Å². The zero-order valence-corrected chi connectivity index (χ0v) is 20.4. The average Bonchev–Trinajstić information content (AvgIpc) is 3.21. The molecule has 2 aliphatic heterocycles. The maximum absolute atomic E-state index is 6.06. The first-order valence-corrected chi connectivity index (χ1v) is 10.6. The van der Waals surface area contributed by atoms with Gasteiger partial charge in [-0.15, -0.1) is 24.0 Å². The third-order valence-electron chi connectivity index (χ3n) is 5.18. The number of piperidine rings is 1. The summed E-state index contributed by atoms with van der Waals surface area (Å²) in [4.78, 5) is 6.72. The zero-order valence-electron chi connectivity index (χ0n) is 17.3. The molecule has 2 fully saturated rings. The summed E-state index contributed by atoms with van der Waals surface area (Å²) in [6, 6.07) is 7.47. The number of hydrogen-bond donors (Lipinski definition) is 1. The number of halogens is 2. The lowest BCUT2D eigenvalue weighted by atomic mass is 10.1. The van der Waals surface area contributed by atoms with E-state index < -0.39 is 0 Å². The summed E-state index contributed by atoms with van der Waals surface area (Å²) in [5.41, 5.74) is 0. The Labute approximate surface area is 196 Å². The van der Waals surface area contributed by atoms with Gasteiger partial charge in [-0.3, -0.25) is 4.99 Å². The van der Waals surface area contributed by atoms with Crippen LogP contribution in [-0.4, -0.2) is 69.1 Å². The number of benzene rings is 1. The van der Waals surface area contributed by atoms with Crippen molar-refractivity contribution in [3.63, 3.8) is 0 Å². The van der Waals surface area contributed by atoms with Gasteiger partial charge in [-0.05, 0) is 50.8 Å². The van der Waals surface area contributed by atoms with E-state index in [0.717, 1.165) is 63.7 Å². The van der Waals surface area contributed by atoms with Crippen LogP contribution < -0.4 is 10.1 Å². The van der Waals surface area contributed by atoms with Crippen LogP contribution in [0.2, 0.25) is 5.02 Å². The van der Waals surface area contributed by atoms with Crippen molar-refractivity contribution in [2.75, 3.05) is 39.9 Å². The molecule has 8 heteroatoms. The van der Waals surface area contributed by atoms with Crippen molar-refractivity contribution in [3.8, 4) is 5.75 Å². The lowest BCUT2D eigenvalue weighted by molar-refractivity contribution is -0.0367. The van der Waals surface area contributed by atoms with Crippen LogP contribution in [0.5, 0.6) is 5.75 Å². The van der Waals surface area contributed by atoms with E-state index in [-0.39, 0.29) is 30.1 Å². The molecule has 0 bridgehead atoms. The number of guanidine groups is 1. The third-order valence-corrected chi connectivity index (χ3v) is 5.41. The lowest BCUT2D eigenvalue weighted by Crippen LogP contribution is -2.49. The molecule has 1 aromatic carbocycles. The predicted octanol–water partition coefficient (Wildman–Crippen LogP) is 3.96. The highest BCUT2D eigenvalue weighted by Crippen LogP contribution is 2.19. The average molecular weight is 538 g/mol. The SMILES string of the molecule is CN=C(NCC(C)Oc1cccc(Cl)c1)N1CCC(OCC2CCCO2)CC1.I. The zero-order chi connectivity index (χ0) is 19.8. The van der Waals surface area contributed by atoms with Crippen LogP contribution >= 0.6 is 35.6 Å². The highest BCUT2D eigenvalue weighted by Gasteiger charge is 2.24. The number of nitrogens with zero attached hydrogens (tertiary/aromatic N) is 2. The Hall–Kier alpha value is -0.770. The molecule has 1 aromatic rings. The summed E-state index contributed by atoms with van der Waals surface area (Å²) >= 11 is 6.01. The van der Waals surface area contributed by atoms with Crippen molar-refractivity contribution < 1.29 is 14.2 Å². The first-order valence-electron chi connectivity index (χ1n) is 10.2. The molecule has 29 heavy (non-hydrogen) atoms. The van der Waals surface area contributed by atoms with Crippen LogP contribution in [0.4, 0.5) is 0 Å². The number of hydrogen-bond acceptors (Lipinski definition) is 4. The Morgan fingerprint density at radius 3 is 2.79 bits per heavy atom. The van der Waals surface area contributed by atoms with E-state index in [2.05, 4.69) is 15.2 Å². The molecule has 0 aliphatic carbocycles. The first-order chi connectivity index (χ1) is 13.6. The number of ether oxygens (including phenoxy) is 3. The molecule has 2 heterocycles. The van der Waals surface area contributed by atoms with Gasteiger partial charge in [0.15, 0.2) is 5.96 Å². The molecule has 2 aliphatic rings. The molecule has 2 unspecified atom stereocenters. The van der Waals surface area contributed by atoms with Crippen molar-refractivity contribution >= 4 is 41.5 Å². The minimum atomic E-state index is 0. The Morgan fingerprint density at radius 2 is 2.14 bits per heavy atom. The Morgan fingerprint density at radius 1 is 1.34 bits per heavy atom. The highest BCUT2D eigenvalue weighted by atomic mass is 127. The minimum Gasteiger partial charge on any atom is -0.489 e. The second-order valence-corrected chi connectivity index (χ2v) is 7.91. The smallest absolute Gasteiger partial charge is 0.193 e. The summed E-state index contributed by atoms with van der Waals surface area (Å²) in [5, 5.41) is 4.10. The number of likely N-dealkylation sites (tertiary alicyclic amines) is 1. The fourth-order valence-corrected chi connectivity index (χ4v) is 3.82. The standard InChI is InChI=1S/C21H32ClN3O3.HI/c1-16(28-19-6-3-5-17(22)13-19)14-24-21(23-2)25-10-8-18(9-11-25)27-15-20-7-4-12-26-20;/h3,5-6,13,16,18,20H,4,7-12,14-15H2,1-2H3,(H,23,24);1H. The third kappa shape index (κ3) is 8.11. The van der Waals surface area contributed by atoms with Gasteiger partial charge in [0.25, 0.3) is 0 Å². The van der Waals surface area contributed by atoms with Crippen molar-refractivity contribution in [2.45, 2.75) is 50.9 Å². The van der Waals surface area contributed by atoms with Gasteiger partial charge in [-0.1, -0.05) is 17.7 Å². The number of rotatable bonds is 7. The molecular weight excluding hydrogens is 505 g/mol. The normalized spacial score (nSPS) is 21.6. The summed E-state index contributed by atoms with van der Waals surface area (Å²) in [5.74, 6) is 1.69. The molecule has 0 saturated carbocycles. The predicted molar refractivity (Wildman–Crippen MR) is 128 cm³/mol. The summed E-state index contributed by atoms with van der Waals surface area (Å²) in [7, 11) is 1.82. The minimum absolute atomic E-state index is 0. The van der Waals surface area contributed by atoms with Crippen molar-refractivity contribution in [3.05, 3.63) is 29.3 Å². The highest BCUT2D eigenvalue weighted by molar-refractivity contribution is 14.0. The van der Waals surface area contributed by atoms with Crippen LogP contribution in [0.3, 0.4) is 0 Å². The van der Waals surface area contributed by atoms with Gasteiger partial charge in [0.2, 0.25) is 0 Å². The molecule has 6 nitrogen and oxygen atoms in total. The van der Waals surface area contributed by atoms with Gasteiger partial charge in [0.1, 0.15) is 11.9 Å². The van der Waals surface area contributed by atoms with Gasteiger partial charge >= 0.3 is 0 Å². The van der Waals surface area contributed by atoms with Crippen molar-refractivity contribution in [1.29, 1.82) is 0 Å². The first kappa shape index (κ1) is 24.5. The van der Waals surface area contributed by atoms with Crippen LogP contribution in [-0.2, 0) is 9.47 Å². The summed E-state index contributed by atoms with van der Waals surface area (Å²) in [6.45, 7) is 6.21. The van der Waals surface area contributed by atoms with E-state index in [0.29, 0.717) is 23.8 Å². The van der Waals surface area contributed by atoms with Crippen LogP contribution in [0, 0.1) is 0 Å². The van der Waals surface area contributed by atoms with Crippen LogP contribution in [0.25, 0.3) is 0 Å². The summed E-state index contributed by atoms with van der Waals surface area (Å²) < 4.78 is 17.6. The van der Waals surface area contributed by atoms with Gasteiger partial charge in [-0.2, -0.15) is 0 Å². The topological polar surface area (TPSA) is 55.3 Å². The molecule has 3 rings (SSSR count). The van der Waals surface area contributed by atoms with Gasteiger partial charge in [0, 0.05) is 31.8 Å². The van der Waals surface area contributed by atoms with Crippen LogP contribution in [0.1, 0.15) is 32.6 Å². The van der Waals surface area contributed by atoms with E-state index in [1.54, 1.807) is 0 Å².